The molecule has 7 heteroatoms. The third-order valence-corrected chi connectivity index (χ3v) is 5.26. The van der Waals surface area contributed by atoms with E-state index in [9.17, 15) is 9.59 Å². The average Bonchev–Trinajstić information content (AvgIpc) is 3.06. The molecule has 0 aliphatic carbocycles. The van der Waals surface area contributed by atoms with Gasteiger partial charge in [-0.15, -0.1) is 0 Å². The minimum atomic E-state index is -0.134. The highest BCUT2D eigenvalue weighted by Gasteiger charge is 2.27. The van der Waals surface area contributed by atoms with Crippen LogP contribution in [0.15, 0.2) is 18.2 Å². The van der Waals surface area contributed by atoms with Crippen LogP contribution in [0, 0.1) is 5.92 Å². The second-order valence-electron chi connectivity index (χ2n) is 6.59. The lowest BCUT2D eigenvalue weighted by Crippen LogP contribution is -2.41. The van der Waals surface area contributed by atoms with Crippen LogP contribution < -0.4 is 15.5 Å². The Kier molecular flexibility index (Phi) is 5.81. The molecule has 2 aliphatic rings. The average molecular weight is 365 g/mol. The van der Waals surface area contributed by atoms with Gasteiger partial charge in [-0.05, 0) is 50.0 Å². The smallest absolute Gasteiger partial charge is 0.321 e. The van der Waals surface area contributed by atoms with Gasteiger partial charge in [0.15, 0.2) is 0 Å². The Hall–Kier alpha value is -1.79. The van der Waals surface area contributed by atoms with Crippen molar-refractivity contribution in [2.45, 2.75) is 19.8 Å². The van der Waals surface area contributed by atoms with E-state index in [1.54, 1.807) is 23.1 Å². The molecule has 0 spiro atoms. The normalized spacial score (nSPS) is 18.6. The molecule has 2 heterocycles. The molecular formula is C18H25ClN4O2. The minimum Gasteiger partial charge on any atom is -0.339 e. The topological polar surface area (TPSA) is 64.7 Å². The van der Waals surface area contributed by atoms with Crippen LogP contribution in [0.5, 0.6) is 0 Å². The molecule has 2 aliphatic heterocycles. The molecule has 0 saturated carbocycles. The molecule has 136 valence electrons. The summed E-state index contributed by atoms with van der Waals surface area (Å²) in [4.78, 5) is 28.2. The van der Waals surface area contributed by atoms with Crippen molar-refractivity contribution in [2.75, 3.05) is 44.2 Å². The van der Waals surface area contributed by atoms with Crippen LogP contribution in [0.2, 0.25) is 5.02 Å². The zero-order valence-electron chi connectivity index (χ0n) is 14.6. The summed E-state index contributed by atoms with van der Waals surface area (Å²) in [6.45, 7) is 6.81. The van der Waals surface area contributed by atoms with Gasteiger partial charge in [-0.3, -0.25) is 9.69 Å². The molecule has 2 fully saturated rings. The number of benzene rings is 1. The number of nitrogens with one attached hydrogen (secondary N) is 2. The number of likely N-dealkylation sites (tertiary alicyclic amines) is 1. The van der Waals surface area contributed by atoms with Gasteiger partial charge in [0, 0.05) is 31.9 Å². The highest BCUT2D eigenvalue weighted by molar-refractivity contribution is 6.34. The molecule has 2 saturated heterocycles. The van der Waals surface area contributed by atoms with Crippen molar-refractivity contribution in [3.05, 3.63) is 28.8 Å². The van der Waals surface area contributed by atoms with Gasteiger partial charge in [0.05, 0.1) is 10.6 Å². The molecule has 0 atom stereocenters. The molecule has 0 radical (unpaired) electrons. The lowest BCUT2D eigenvalue weighted by atomic mass is 9.96. The summed E-state index contributed by atoms with van der Waals surface area (Å²) in [5, 5.41) is 6.58. The Morgan fingerprint density at radius 2 is 2.08 bits per heavy atom. The SMILES string of the molecule is CCNCC1CCN(C(=O)c2cc(N3CCNC3=O)ccc2Cl)CC1. The van der Waals surface area contributed by atoms with Crippen LogP contribution in [0.25, 0.3) is 0 Å². The first-order chi connectivity index (χ1) is 12.1. The molecule has 2 N–H and O–H groups in total. The maximum absolute atomic E-state index is 12.9. The standard InChI is InChI=1S/C18H25ClN4O2/c1-2-20-12-13-5-8-22(9-6-13)17(24)15-11-14(3-4-16(15)19)23-10-7-21-18(23)25/h3-4,11,13,20H,2,5-10,12H2,1H3,(H,21,25). The highest BCUT2D eigenvalue weighted by atomic mass is 35.5. The van der Waals surface area contributed by atoms with Gasteiger partial charge in [-0.25, -0.2) is 4.79 Å². The van der Waals surface area contributed by atoms with Gasteiger partial charge in [-0.2, -0.15) is 0 Å². The van der Waals surface area contributed by atoms with Gasteiger partial charge in [-0.1, -0.05) is 18.5 Å². The summed E-state index contributed by atoms with van der Waals surface area (Å²) in [5.74, 6) is 0.576. The maximum atomic E-state index is 12.9. The van der Waals surface area contributed by atoms with Gasteiger partial charge in [0.2, 0.25) is 0 Å². The van der Waals surface area contributed by atoms with Crippen LogP contribution in [0.1, 0.15) is 30.1 Å². The van der Waals surface area contributed by atoms with Crippen molar-refractivity contribution in [3.8, 4) is 0 Å². The molecule has 0 unspecified atom stereocenters. The van der Waals surface area contributed by atoms with E-state index in [0.717, 1.165) is 39.0 Å². The fourth-order valence-electron chi connectivity index (χ4n) is 3.42. The van der Waals surface area contributed by atoms with E-state index in [0.29, 0.717) is 35.3 Å². The van der Waals surface area contributed by atoms with Crippen molar-refractivity contribution >= 4 is 29.2 Å². The number of amides is 3. The first-order valence-electron chi connectivity index (χ1n) is 8.95. The summed E-state index contributed by atoms with van der Waals surface area (Å²) in [7, 11) is 0. The van der Waals surface area contributed by atoms with E-state index < -0.39 is 0 Å². The number of anilines is 1. The van der Waals surface area contributed by atoms with Crippen LogP contribution in [-0.2, 0) is 0 Å². The van der Waals surface area contributed by atoms with Crippen LogP contribution in [0.4, 0.5) is 10.5 Å². The Morgan fingerprint density at radius 3 is 2.72 bits per heavy atom. The number of carbonyl (C=O) groups excluding carboxylic acids is 2. The van der Waals surface area contributed by atoms with E-state index in [4.69, 9.17) is 11.6 Å². The fraction of sp³-hybridized carbons (Fsp3) is 0.556. The quantitative estimate of drug-likeness (QED) is 0.842. The number of halogens is 1. The first kappa shape index (κ1) is 18.0. The van der Waals surface area contributed by atoms with E-state index in [1.165, 1.54) is 0 Å². The zero-order valence-corrected chi connectivity index (χ0v) is 15.3. The summed E-state index contributed by atoms with van der Waals surface area (Å²) in [6, 6.07) is 5.09. The third-order valence-electron chi connectivity index (χ3n) is 4.93. The monoisotopic (exact) mass is 364 g/mol. The largest absolute Gasteiger partial charge is 0.339 e. The van der Waals surface area contributed by atoms with Crippen molar-refractivity contribution < 1.29 is 9.59 Å². The molecule has 1 aromatic rings. The zero-order chi connectivity index (χ0) is 17.8. The van der Waals surface area contributed by atoms with Gasteiger partial charge < -0.3 is 15.5 Å². The molecule has 1 aromatic carbocycles. The Balaban J connectivity index is 1.69. The predicted molar refractivity (Wildman–Crippen MR) is 99.4 cm³/mol. The molecule has 6 nitrogen and oxygen atoms in total. The van der Waals surface area contributed by atoms with Gasteiger partial charge in [0.25, 0.3) is 5.91 Å². The number of hydrogen-bond acceptors (Lipinski definition) is 3. The minimum absolute atomic E-state index is 0.0478. The highest BCUT2D eigenvalue weighted by Crippen LogP contribution is 2.27. The van der Waals surface area contributed by atoms with Crippen LogP contribution in [0.3, 0.4) is 0 Å². The van der Waals surface area contributed by atoms with Crippen LogP contribution >= 0.6 is 11.6 Å². The van der Waals surface area contributed by atoms with Crippen molar-refractivity contribution in [2.24, 2.45) is 5.92 Å². The molecule has 0 aromatic heterocycles. The Morgan fingerprint density at radius 1 is 1.32 bits per heavy atom. The molecular weight excluding hydrogens is 340 g/mol. The molecule has 3 rings (SSSR count). The number of nitrogens with zero attached hydrogens (tertiary/aromatic N) is 2. The second kappa shape index (κ2) is 8.06. The lowest BCUT2D eigenvalue weighted by molar-refractivity contribution is 0.0690. The number of rotatable bonds is 5. The summed E-state index contributed by atoms with van der Waals surface area (Å²) >= 11 is 6.27. The van der Waals surface area contributed by atoms with Gasteiger partial charge in [0.1, 0.15) is 0 Å². The fourth-order valence-corrected chi connectivity index (χ4v) is 3.62. The summed E-state index contributed by atoms with van der Waals surface area (Å²) < 4.78 is 0. The number of hydrogen-bond donors (Lipinski definition) is 2. The second-order valence-corrected chi connectivity index (χ2v) is 7.00. The number of carbonyl (C=O) groups is 2. The number of urea groups is 1. The lowest BCUT2D eigenvalue weighted by Gasteiger charge is -2.32. The van der Waals surface area contributed by atoms with Crippen molar-refractivity contribution in [1.29, 1.82) is 0 Å². The van der Waals surface area contributed by atoms with E-state index in [2.05, 4.69) is 17.6 Å². The van der Waals surface area contributed by atoms with Crippen molar-refractivity contribution in [3.63, 3.8) is 0 Å². The molecule has 3 amide bonds. The number of piperidine rings is 1. The van der Waals surface area contributed by atoms with E-state index in [-0.39, 0.29) is 11.9 Å². The van der Waals surface area contributed by atoms with Crippen LogP contribution in [-0.4, -0.2) is 56.1 Å². The first-order valence-corrected chi connectivity index (χ1v) is 9.33. The molecule has 0 bridgehead atoms. The van der Waals surface area contributed by atoms with E-state index in [1.807, 2.05) is 4.90 Å². The summed E-state index contributed by atoms with van der Waals surface area (Å²) in [6.07, 6.45) is 2.01. The van der Waals surface area contributed by atoms with Gasteiger partial charge >= 0.3 is 6.03 Å². The van der Waals surface area contributed by atoms with Crippen molar-refractivity contribution in [1.82, 2.24) is 15.5 Å². The maximum Gasteiger partial charge on any atom is 0.321 e. The van der Waals surface area contributed by atoms with E-state index >= 15 is 0 Å². The predicted octanol–water partition coefficient (Wildman–Crippen LogP) is 2.33. The third kappa shape index (κ3) is 4.07. The Bertz CT molecular complexity index is 644. The summed E-state index contributed by atoms with van der Waals surface area (Å²) in [5.41, 5.74) is 1.19. The Labute approximate surface area is 153 Å². The molecule has 25 heavy (non-hydrogen) atoms.